The number of thiophene rings is 1. The molecule has 4 rings (SSSR count). The van der Waals surface area contributed by atoms with Gasteiger partial charge in [-0.1, -0.05) is 19.3 Å². The monoisotopic (exact) mass is 390 g/mol. The van der Waals surface area contributed by atoms with Crippen LogP contribution in [0.25, 0.3) is 0 Å². The Morgan fingerprint density at radius 3 is 2.67 bits per heavy atom. The highest BCUT2D eigenvalue weighted by Gasteiger charge is 2.25. The molecule has 3 aliphatic rings. The van der Waals surface area contributed by atoms with Gasteiger partial charge in [0.15, 0.2) is 0 Å². The van der Waals surface area contributed by atoms with Crippen molar-refractivity contribution in [2.24, 2.45) is 11.8 Å². The quantitative estimate of drug-likeness (QED) is 0.793. The van der Waals surface area contributed by atoms with Crippen LogP contribution >= 0.6 is 11.3 Å². The highest BCUT2D eigenvalue weighted by Crippen LogP contribution is 2.36. The zero-order valence-electron chi connectivity index (χ0n) is 16.5. The zero-order valence-corrected chi connectivity index (χ0v) is 17.3. The maximum Gasteiger partial charge on any atom is 0.225 e. The molecule has 3 fully saturated rings. The number of carbonyl (C=O) groups excluding carboxylic acids is 1. The van der Waals surface area contributed by atoms with E-state index in [0.717, 1.165) is 45.1 Å². The number of amides is 1. The highest BCUT2D eigenvalue weighted by atomic mass is 32.1. The van der Waals surface area contributed by atoms with E-state index in [1.54, 1.807) is 4.88 Å². The van der Waals surface area contributed by atoms with E-state index in [1.807, 2.05) is 0 Å². The molecule has 0 aromatic carbocycles. The summed E-state index contributed by atoms with van der Waals surface area (Å²) in [5, 5.41) is 3.16. The second kappa shape index (κ2) is 9.53. The van der Waals surface area contributed by atoms with Gasteiger partial charge in [-0.05, 0) is 69.2 Å². The molecule has 0 radical (unpaired) electrons. The van der Waals surface area contributed by atoms with Gasteiger partial charge in [0, 0.05) is 29.5 Å². The number of ether oxygens (including phenoxy) is 1. The highest BCUT2D eigenvalue weighted by molar-refractivity contribution is 7.12. The summed E-state index contributed by atoms with van der Waals surface area (Å²) in [4.78, 5) is 17.9. The molecule has 2 saturated heterocycles. The molecule has 1 N–H and O–H groups in total. The molecule has 1 saturated carbocycles. The van der Waals surface area contributed by atoms with Gasteiger partial charge in [0.2, 0.25) is 5.91 Å². The summed E-state index contributed by atoms with van der Waals surface area (Å²) in [5.74, 6) is 1.75. The molecule has 0 spiro atoms. The largest absolute Gasteiger partial charge is 0.381 e. The van der Waals surface area contributed by atoms with E-state index in [0.29, 0.717) is 12.5 Å². The van der Waals surface area contributed by atoms with Gasteiger partial charge in [-0.2, -0.15) is 0 Å². The fraction of sp³-hybridized carbons (Fsp3) is 0.773. The minimum absolute atomic E-state index is 0.0854. The third-order valence-corrected chi connectivity index (χ3v) is 7.87. The van der Waals surface area contributed by atoms with Crippen LogP contribution < -0.4 is 5.32 Å². The third kappa shape index (κ3) is 5.33. The number of likely N-dealkylation sites (tertiary alicyclic amines) is 1. The SMILES string of the molecule is O=C(NCC1CCN(Cc2ccc(C3CCCCC3)s2)CC1)C1CCOC1. The summed E-state index contributed by atoms with van der Waals surface area (Å²) in [5.41, 5.74) is 0. The molecule has 3 heterocycles. The Kier molecular flexibility index (Phi) is 6.85. The summed E-state index contributed by atoms with van der Waals surface area (Å²) >= 11 is 2.05. The maximum atomic E-state index is 12.1. The van der Waals surface area contributed by atoms with Gasteiger partial charge < -0.3 is 10.1 Å². The summed E-state index contributed by atoms with van der Waals surface area (Å²) in [6.45, 7) is 5.60. The second-order valence-electron chi connectivity index (χ2n) is 8.66. The molecule has 1 amide bonds. The second-order valence-corrected chi connectivity index (χ2v) is 9.86. The minimum Gasteiger partial charge on any atom is -0.381 e. The first kappa shape index (κ1) is 19.4. The standard InChI is InChI=1S/C22H34N2O2S/c25-22(19-10-13-26-16-19)23-14-17-8-11-24(12-9-17)15-20-6-7-21(27-20)18-4-2-1-3-5-18/h6-7,17-19H,1-5,8-16H2,(H,23,25). The molecule has 1 aliphatic carbocycles. The van der Waals surface area contributed by atoms with Crippen LogP contribution in [0.3, 0.4) is 0 Å². The van der Waals surface area contributed by atoms with Crippen molar-refractivity contribution in [3.63, 3.8) is 0 Å². The average molecular weight is 391 g/mol. The molecule has 1 aromatic heterocycles. The number of hydrogen-bond acceptors (Lipinski definition) is 4. The number of nitrogens with zero attached hydrogens (tertiary/aromatic N) is 1. The molecular formula is C22H34N2O2S. The van der Waals surface area contributed by atoms with E-state index in [2.05, 4.69) is 33.7 Å². The molecule has 4 nitrogen and oxygen atoms in total. The van der Waals surface area contributed by atoms with Gasteiger partial charge >= 0.3 is 0 Å². The molecule has 150 valence electrons. The van der Waals surface area contributed by atoms with Crippen molar-refractivity contribution >= 4 is 17.2 Å². The van der Waals surface area contributed by atoms with Crippen LogP contribution in [0.4, 0.5) is 0 Å². The number of carbonyl (C=O) groups is 1. The predicted octanol–water partition coefficient (Wildman–Crippen LogP) is 4.16. The Balaban J connectivity index is 1.17. The van der Waals surface area contributed by atoms with Crippen LogP contribution in [0.2, 0.25) is 0 Å². The summed E-state index contributed by atoms with van der Waals surface area (Å²) in [7, 11) is 0. The first-order valence-corrected chi connectivity index (χ1v) is 11.8. The Bertz CT molecular complexity index is 597. The van der Waals surface area contributed by atoms with Gasteiger partial charge in [-0.15, -0.1) is 11.3 Å². The van der Waals surface area contributed by atoms with Crippen molar-refractivity contribution < 1.29 is 9.53 Å². The lowest BCUT2D eigenvalue weighted by Crippen LogP contribution is -2.40. The summed E-state index contributed by atoms with van der Waals surface area (Å²) in [6.07, 6.45) is 10.3. The van der Waals surface area contributed by atoms with Gasteiger partial charge in [0.05, 0.1) is 12.5 Å². The smallest absolute Gasteiger partial charge is 0.225 e. The topological polar surface area (TPSA) is 41.6 Å². The summed E-state index contributed by atoms with van der Waals surface area (Å²) in [6, 6.07) is 4.76. The van der Waals surface area contributed by atoms with E-state index >= 15 is 0 Å². The van der Waals surface area contributed by atoms with Crippen molar-refractivity contribution in [2.75, 3.05) is 32.8 Å². The van der Waals surface area contributed by atoms with E-state index in [9.17, 15) is 4.79 Å². The Morgan fingerprint density at radius 2 is 1.93 bits per heavy atom. The maximum absolute atomic E-state index is 12.1. The Morgan fingerprint density at radius 1 is 1.11 bits per heavy atom. The van der Waals surface area contributed by atoms with Crippen LogP contribution in [0.15, 0.2) is 12.1 Å². The van der Waals surface area contributed by atoms with E-state index in [4.69, 9.17) is 4.74 Å². The van der Waals surface area contributed by atoms with Gasteiger partial charge in [-0.25, -0.2) is 0 Å². The fourth-order valence-electron chi connectivity index (χ4n) is 4.79. The van der Waals surface area contributed by atoms with Gasteiger partial charge in [0.25, 0.3) is 0 Å². The molecule has 5 heteroatoms. The predicted molar refractivity (Wildman–Crippen MR) is 110 cm³/mol. The molecule has 0 bridgehead atoms. The molecule has 1 unspecified atom stereocenters. The van der Waals surface area contributed by atoms with Gasteiger partial charge in [0.1, 0.15) is 0 Å². The molecular weight excluding hydrogens is 356 g/mol. The number of rotatable bonds is 6. The van der Waals surface area contributed by atoms with E-state index in [1.165, 1.54) is 49.8 Å². The Hall–Kier alpha value is -0.910. The van der Waals surface area contributed by atoms with Crippen molar-refractivity contribution in [1.29, 1.82) is 0 Å². The lowest BCUT2D eigenvalue weighted by Gasteiger charge is -2.31. The lowest BCUT2D eigenvalue weighted by molar-refractivity contribution is -0.125. The third-order valence-electron chi connectivity index (χ3n) is 6.64. The van der Waals surface area contributed by atoms with E-state index < -0.39 is 0 Å². The molecule has 27 heavy (non-hydrogen) atoms. The first-order valence-electron chi connectivity index (χ1n) is 10.9. The number of piperidine rings is 1. The fourth-order valence-corrected chi connectivity index (χ4v) is 6.01. The normalized spacial score (nSPS) is 25.7. The van der Waals surface area contributed by atoms with Crippen molar-refractivity contribution in [3.8, 4) is 0 Å². The van der Waals surface area contributed by atoms with Crippen LogP contribution in [0.5, 0.6) is 0 Å². The molecule has 2 aliphatic heterocycles. The van der Waals surface area contributed by atoms with Crippen molar-refractivity contribution in [3.05, 3.63) is 21.9 Å². The zero-order chi connectivity index (χ0) is 18.5. The van der Waals surface area contributed by atoms with Crippen LogP contribution in [0, 0.1) is 11.8 Å². The van der Waals surface area contributed by atoms with Gasteiger partial charge in [-0.3, -0.25) is 9.69 Å². The average Bonchev–Trinajstić information content (AvgIpc) is 3.40. The summed E-state index contributed by atoms with van der Waals surface area (Å²) < 4.78 is 5.31. The first-order chi connectivity index (χ1) is 13.3. The molecule has 1 aromatic rings. The lowest BCUT2D eigenvalue weighted by atomic mass is 9.88. The van der Waals surface area contributed by atoms with Crippen LogP contribution in [-0.4, -0.2) is 43.7 Å². The van der Waals surface area contributed by atoms with E-state index in [-0.39, 0.29) is 11.8 Å². The van der Waals surface area contributed by atoms with Crippen LogP contribution in [0.1, 0.15) is 67.0 Å². The van der Waals surface area contributed by atoms with Crippen LogP contribution in [-0.2, 0) is 16.1 Å². The Labute approximate surface area is 167 Å². The van der Waals surface area contributed by atoms with Crippen molar-refractivity contribution in [2.45, 2.75) is 63.8 Å². The van der Waals surface area contributed by atoms with Crippen molar-refractivity contribution in [1.82, 2.24) is 10.2 Å². The minimum atomic E-state index is 0.0854. The number of nitrogens with one attached hydrogen (secondary N) is 1. The number of hydrogen-bond donors (Lipinski definition) is 1. The molecule has 1 atom stereocenters.